The molecule has 0 radical (unpaired) electrons. The normalized spacial score (nSPS) is 10.0. The number of rotatable bonds is 7. The molecule has 0 heterocycles. The second-order valence-electron chi connectivity index (χ2n) is 4.31. The third kappa shape index (κ3) is 4.51. The molecular formula is C14H18N2O3. The van der Waals surface area contributed by atoms with Crippen molar-refractivity contribution in [1.82, 2.24) is 0 Å². The standard InChI is InChI=1S/C14H18N2O3/c1-4-5-6-10-15-12-8-7-9-13(19-11(2)3)14(12)16(17)18/h1,7-9,11,15H,5-6,10H2,2-3H3. The molecule has 1 aromatic carbocycles. The number of unbranched alkanes of at least 4 members (excludes halogenated alkanes) is 1. The van der Waals surface area contributed by atoms with Crippen LogP contribution in [0.1, 0.15) is 26.7 Å². The second-order valence-corrected chi connectivity index (χ2v) is 4.31. The largest absolute Gasteiger partial charge is 0.484 e. The van der Waals surface area contributed by atoms with E-state index in [0.29, 0.717) is 18.7 Å². The first-order valence-electron chi connectivity index (χ1n) is 6.17. The van der Waals surface area contributed by atoms with Gasteiger partial charge in [-0.05, 0) is 32.4 Å². The lowest BCUT2D eigenvalue weighted by Gasteiger charge is -2.12. The molecule has 0 aliphatic carbocycles. The van der Waals surface area contributed by atoms with E-state index in [4.69, 9.17) is 11.2 Å². The average Bonchev–Trinajstić information content (AvgIpc) is 2.33. The molecule has 102 valence electrons. The zero-order valence-electron chi connectivity index (χ0n) is 11.2. The lowest BCUT2D eigenvalue weighted by atomic mass is 10.2. The summed E-state index contributed by atoms with van der Waals surface area (Å²) < 4.78 is 5.46. The molecule has 0 aliphatic heterocycles. The summed E-state index contributed by atoms with van der Waals surface area (Å²) >= 11 is 0. The van der Waals surface area contributed by atoms with Gasteiger partial charge in [0, 0.05) is 13.0 Å². The number of nitrogens with one attached hydrogen (secondary N) is 1. The van der Waals surface area contributed by atoms with Gasteiger partial charge in [0.05, 0.1) is 11.0 Å². The Morgan fingerprint density at radius 1 is 1.53 bits per heavy atom. The third-order valence-electron chi connectivity index (χ3n) is 2.36. The predicted octanol–water partition coefficient (Wildman–Crippen LogP) is 3.21. The van der Waals surface area contributed by atoms with Crippen molar-refractivity contribution in [2.24, 2.45) is 0 Å². The number of benzene rings is 1. The van der Waals surface area contributed by atoms with E-state index in [9.17, 15) is 10.1 Å². The van der Waals surface area contributed by atoms with Crippen molar-refractivity contribution in [3.05, 3.63) is 28.3 Å². The lowest BCUT2D eigenvalue weighted by Crippen LogP contribution is -2.10. The summed E-state index contributed by atoms with van der Waals surface area (Å²) in [5.41, 5.74) is 0.428. The minimum absolute atomic E-state index is 0.0306. The van der Waals surface area contributed by atoms with Crippen LogP contribution in [-0.4, -0.2) is 17.6 Å². The number of para-hydroxylation sites is 1. The fourth-order valence-corrected chi connectivity index (χ4v) is 1.62. The zero-order valence-corrected chi connectivity index (χ0v) is 11.2. The van der Waals surface area contributed by atoms with Crippen molar-refractivity contribution in [3.63, 3.8) is 0 Å². The zero-order chi connectivity index (χ0) is 14.3. The molecular weight excluding hydrogens is 244 g/mol. The van der Waals surface area contributed by atoms with E-state index in [0.717, 1.165) is 6.42 Å². The summed E-state index contributed by atoms with van der Waals surface area (Å²) in [6.45, 7) is 4.25. The van der Waals surface area contributed by atoms with Crippen molar-refractivity contribution in [3.8, 4) is 18.1 Å². The molecule has 0 fully saturated rings. The highest BCUT2D eigenvalue weighted by Gasteiger charge is 2.21. The van der Waals surface area contributed by atoms with Gasteiger partial charge in [0.15, 0.2) is 5.75 Å². The van der Waals surface area contributed by atoms with Gasteiger partial charge in [0.25, 0.3) is 0 Å². The Morgan fingerprint density at radius 2 is 2.26 bits per heavy atom. The Morgan fingerprint density at radius 3 is 2.84 bits per heavy atom. The van der Waals surface area contributed by atoms with E-state index in [-0.39, 0.29) is 17.5 Å². The van der Waals surface area contributed by atoms with Crippen LogP contribution in [0.15, 0.2) is 18.2 Å². The molecule has 1 aromatic rings. The van der Waals surface area contributed by atoms with Crippen LogP contribution in [0.4, 0.5) is 11.4 Å². The van der Waals surface area contributed by atoms with Crippen molar-refractivity contribution in [1.29, 1.82) is 0 Å². The maximum absolute atomic E-state index is 11.2. The van der Waals surface area contributed by atoms with E-state index in [1.165, 1.54) is 0 Å². The van der Waals surface area contributed by atoms with E-state index in [1.54, 1.807) is 18.2 Å². The van der Waals surface area contributed by atoms with Gasteiger partial charge < -0.3 is 10.1 Å². The first kappa shape index (κ1) is 14.8. The monoisotopic (exact) mass is 262 g/mol. The summed E-state index contributed by atoms with van der Waals surface area (Å²) in [5, 5.41) is 14.2. The number of anilines is 1. The summed E-state index contributed by atoms with van der Waals surface area (Å²) in [6, 6.07) is 5.00. The smallest absolute Gasteiger partial charge is 0.333 e. The molecule has 1 N–H and O–H groups in total. The van der Waals surface area contributed by atoms with Crippen LogP contribution in [0.25, 0.3) is 0 Å². The lowest BCUT2D eigenvalue weighted by molar-refractivity contribution is -0.385. The van der Waals surface area contributed by atoms with Crippen molar-refractivity contribution in [2.75, 3.05) is 11.9 Å². The molecule has 0 unspecified atom stereocenters. The van der Waals surface area contributed by atoms with Gasteiger partial charge >= 0.3 is 5.69 Å². The van der Waals surface area contributed by atoms with Gasteiger partial charge in [-0.3, -0.25) is 10.1 Å². The number of nitro groups is 1. The number of hydrogen-bond acceptors (Lipinski definition) is 4. The third-order valence-corrected chi connectivity index (χ3v) is 2.36. The number of terminal acetylenes is 1. The van der Waals surface area contributed by atoms with Crippen molar-refractivity contribution in [2.45, 2.75) is 32.8 Å². The molecule has 5 nitrogen and oxygen atoms in total. The van der Waals surface area contributed by atoms with Crippen LogP contribution in [0.5, 0.6) is 5.75 Å². The predicted molar refractivity (Wildman–Crippen MR) is 75.4 cm³/mol. The molecule has 0 saturated carbocycles. The Kier molecular flexibility index (Phi) is 5.68. The fourth-order valence-electron chi connectivity index (χ4n) is 1.62. The van der Waals surface area contributed by atoms with Crippen LogP contribution in [0, 0.1) is 22.5 Å². The molecule has 0 aliphatic rings. The van der Waals surface area contributed by atoms with Gasteiger partial charge in [-0.1, -0.05) is 6.07 Å². The van der Waals surface area contributed by atoms with Gasteiger partial charge in [0.1, 0.15) is 5.69 Å². The maximum Gasteiger partial charge on any atom is 0.333 e. The average molecular weight is 262 g/mol. The maximum atomic E-state index is 11.2. The SMILES string of the molecule is C#CCCCNc1cccc(OC(C)C)c1[N+](=O)[O-]. The highest BCUT2D eigenvalue weighted by Crippen LogP contribution is 2.35. The molecule has 0 amide bonds. The number of hydrogen-bond donors (Lipinski definition) is 1. The quantitative estimate of drug-likeness (QED) is 0.354. The highest BCUT2D eigenvalue weighted by molar-refractivity contribution is 5.68. The molecule has 1 rings (SSSR count). The number of nitro benzene ring substituents is 1. The summed E-state index contributed by atoms with van der Waals surface area (Å²) in [4.78, 5) is 10.7. The van der Waals surface area contributed by atoms with Crippen molar-refractivity contribution >= 4 is 11.4 Å². The Bertz CT molecular complexity index is 478. The molecule has 0 aromatic heterocycles. The topological polar surface area (TPSA) is 64.4 Å². The second kappa shape index (κ2) is 7.27. The molecule has 0 spiro atoms. The summed E-state index contributed by atoms with van der Waals surface area (Å²) in [7, 11) is 0. The minimum Gasteiger partial charge on any atom is -0.484 e. The first-order valence-corrected chi connectivity index (χ1v) is 6.17. The van der Waals surface area contributed by atoms with E-state index < -0.39 is 4.92 Å². The Hall–Kier alpha value is -2.22. The highest BCUT2D eigenvalue weighted by atomic mass is 16.6. The van der Waals surface area contributed by atoms with Gasteiger partial charge in [-0.15, -0.1) is 12.3 Å². The van der Waals surface area contributed by atoms with Crippen LogP contribution < -0.4 is 10.1 Å². The van der Waals surface area contributed by atoms with Gasteiger partial charge in [-0.25, -0.2) is 0 Å². The van der Waals surface area contributed by atoms with Crippen molar-refractivity contribution < 1.29 is 9.66 Å². The molecule has 19 heavy (non-hydrogen) atoms. The van der Waals surface area contributed by atoms with Crippen LogP contribution >= 0.6 is 0 Å². The summed E-state index contributed by atoms with van der Waals surface area (Å²) in [5.74, 6) is 2.81. The van der Waals surface area contributed by atoms with E-state index in [1.807, 2.05) is 13.8 Å². The Labute approximate surface area is 113 Å². The fraction of sp³-hybridized carbons (Fsp3) is 0.429. The Balaban J connectivity index is 2.90. The number of ether oxygens (including phenoxy) is 1. The van der Waals surface area contributed by atoms with Gasteiger partial charge in [0.2, 0.25) is 0 Å². The van der Waals surface area contributed by atoms with Gasteiger partial charge in [-0.2, -0.15) is 0 Å². The minimum atomic E-state index is -0.429. The van der Waals surface area contributed by atoms with E-state index in [2.05, 4.69) is 11.2 Å². The molecule has 0 atom stereocenters. The van der Waals surface area contributed by atoms with E-state index >= 15 is 0 Å². The summed E-state index contributed by atoms with van der Waals surface area (Å²) in [6.07, 6.45) is 6.45. The molecule has 0 bridgehead atoms. The molecule has 5 heteroatoms. The van der Waals surface area contributed by atoms with Crippen LogP contribution in [-0.2, 0) is 0 Å². The first-order chi connectivity index (χ1) is 9.06. The van der Waals surface area contributed by atoms with Crippen LogP contribution in [0.3, 0.4) is 0 Å². The van der Waals surface area contributed by atoms with Crippen LogP contribution in [0.2, 0.25) is 0 Å². The number of nitrogens with zero attached hydrogens (tertiary/aromatic N) is 1. The molecule has 0 saturated heterocycles.